The molecule has 1 aromatic heterocycles. The molecule has 0 radical (unpaired) electrons. The van der Waals surface area contributed by atoms with E-state index in [1.54, 1.807) is 17.4 Å². The van der Waals surface area contributed by atoms with E-state index in [0.29, 0.717) is 5.92 Å². The van der Waals surface area contributed by atoms with Crippen molar-refractivity contribution in [1.29, 1.82) is 5.26 Å². The van der Waals surface area contributed by atoms with Gasteiger partial charge in [0, 0.05) is 15.8 Å². The van der Waals surface area contributed by atoms with Crippen molar-refractivity contribution in [2.24, 2.45) is 5.92 Å². The van der Waals surface area contributed by atoms with Crippen molar-refractivity contribution >= 4 is 23.3 Å². The van der Waals surface area contributed by atoms with Gasteiger partial charge in [-0.2, -0.15) is 5.26 Å². The van der Waals surface area contributed by atoms with Gasteiger partial charge in [0.15, 0.2) is 0 Å². The number of amides is 1. The molecule has 4 heteroatoms. The van der Waals surface area contributed by atoms with E-state index in [2.05, 4.69) is 12.2 Å². The third-order valence-corrected chi connectivity index (χ3v) is 4.79. The Balaban J connectivity index is 2.06. The molecular formula is C16H20N2OS. The molecule has 1 N–H and O–H groups in total. The van der Waals surface area contributed by atoms with Gasteiger partial charge in [0.1, 0.15) is 11.6 Å². The Hall–Kier alpha value is -1.60. The van der Waals surface area contributed by atoms with Crippen LogP contribution in [0, 0.1) is 24.2 Å². The molecule has 0 saturated heterocycles. The van der Waals surface area contributed by atoms with E-state index in [1.807, 2.05) is 25.1 Å². The quantitative estimate of drug-likeness (QED) is 0.681. The topological polar surface area (TPSA) is 52.9 Å². The maximum Gasteiger partial charge on any atom is 0.262 e. The number of rotatable bonds is 3. The monoisotopic (exact) mass is 288 g/mol. The molecule has 0 aromatic carbocycles. The number of nitriles is 1. The van der Waals surface area contributed by atoms with Crippen LogP contribution < -0.4 is 5.32 Å². The predicted molar refractivity (Wildman–Crippen MR) is 82.2 cm³/mol. The van der Waals surface area contributed by atoms with Crippen LogP contribution in [0.2, 0.25) is 0 Å². The van der Waals surface area contributed by atoms with Crippen molar-refractivity contribution < 1.29 is 4.79 Å². The van der Waals surface area contributed by atoms with Crippen molar-refractivity contribution in [3.8, 4) is 6.07 Å². The van der Waals surface area contributed by atoms with Gasteiger partial charge in [0.25, 0.3) is 5.91 Å². The highest BCUT2D eigenvalue weighted by Crippen LogP contribution is 2.24. The maximum absolute atomic E-state index is 12.2. The van der Waals surface area contributed by atoms with Crippen LogP contribution in [0.4, 0.5) is 0 Å². The fourth-order valence-corrected chi connectivity index (χ4v) is 3.42. The zero-order chi connectivity index (χ0) is 14.5. The summed E-state index contributed by atoms with van der Waals surface area (Å²) < 4.78 is 0. The Labute approximate surface area is 124 Å². The summed E-state index contributed by atoms with van der Waals surface area (Å²) in [6, 6.07) is 6.16. The smallest absolute Gasteiger partial charge is 0.262 e. The van der Waals surface area contributed by atoms with Gasteiger partial charge in [0.05, 0.1) is 0 Å². The minimum atomic E-state index is -0.239. The second-order valence-electron chi connectivity index (χ2n) is 5.46. The lowest BCUT2D eigenvalue weighted by molar-refractivity contribution is -0.118. The number of hydrogen-bond acceptors (Lipinski definition) is 3. The van der Waals surface area contributed by atoms with Gasteiger partial charge in [-0.05, 0) is 43.9 Å². The van der Waals surface area contributed by atoms with E-state index in [0.717, 1.165) is 24.1 Å². The largest absolute Gasteiger partial charge is 0.348 e. The molecule has 1 aliphatic carbocycles. The average molecular weight is 288 g/mol. The minimum absolute atomic E-state index is 0.199. The van der Waals surface area contributed by atoms with E-state index in [1.165, 1.54) is 11.3 Å². The second-order valence-corrected chi connectivity index (χ2v) is 6.78. The molecule has 3 nitrogen and oxygen atoms in total. The Morgan fingerprint density at radius 1 is 1.45 bits per heavy atom. The van der Waals surface area contributed by atoms with Crippen LogP contribution in [0.1, 0.15) is 42.4 Å². The Morgan fingerprint density at radius 2 is 2.20 bits per heavy atom. The number of thiophene rings is 1. The van der Waals surface area contributed by atoms with E-state index >= 15 is 0 Å². The fourth-order valence-electron chi connectivity index (χ4n) is 2.60. The summed E-state index contributed by atoms with van der Waals surface area (Å²) in [6.45, 7) is 4.18. The number of nitrogens with zero attached hydrogens (tertiary/aromatic N) is 1. The molecule has 0 bridgehead atoms. The van der Waals surface area contributed by atoms with E-state index in [4.69, 9.17) is 0 Å². The molecule has 1 aliphatic rings. The Bertz CT molecular complexity index is 553. The number of nitrogens with one attached hydrogen (secondary N) is 1. The zero-order valence-electron chi connectivity index (χ0n) is 12.0. The highest BCUT2D eigenvalue weighted by molar-refractivity contribution is 7.12. The minimum Gasteiger partial charge on any atom is -0.348 e. The van der Waals surface area contributed by atoms with E-state index in [9.17, 15) is 10.1 Å². The van der Waals surface area contributed by atoms with Crippen LogP contribution >= 0.6 is 11.3 Å². The summed E-state index contributed by atoms with van der Waals surface area (Å²) in [5, 5.41) is 12.2. The molecule has 0 unspecified atom stereocenters. The Morgan fingerprint density at radius 3 is 2.80 bits per heavy atom. The van der Waals surface area contributed by atoms with E-state index < -0.39 is 0 Å². The van der Waals surface area contributed by atoms with Crippen molar-refractivity contribution in [3.63, 3.8) is 0 Å². The lowest BCUT2D eigenvalue weighted by atomic mass is 9.86. The zero-order valence-corrected chi connectivity index (χ0v) is 12.8. The number of carbonyl (C=O) groups excluding carboxylic acids is 1. The first kappa shape index (κ1) is 14.8. The van der Waals surface area contributed by atoms with E-state index in [-0.39, 0.29) is 17.5 Å². The lowest BCUT2D eigenvalue weighted by Gasteiger charge is -2.29. The summed E-state index contributed by atoms with van der Waals surface area (Å²) in [5.74, 6) is 0.258. The normalized spacial score (nSPS) is 23.1. The second kappa shape index (κ2) is 6.71. The van der Waals surface area contributed by atoms with Crippen LogP contribution in [-0.4, -0.2) is 11.9 Å². The third kappa shape index (κ3) is 3.71. The molecule has 2 rings (SSSR count). The highest BCUT2D eigenvalue weighted by atomic mass is 32.1. The van der Waals surface area contributed by atoms with Gasteiger partial charge < -0.3 is 5.32 Å². The number of aryl methyl sites for hydroxylation is 1. The van der Waals surface area contributed by atoms with Crippen molar-refractivity contribution in [3.05, 3.63) is 27.5 Å². The molecule has 1 amide bonds. The van der Waals surface area contributed by atoms with Gasteiger partial charge in [-0.1, -0.05) is 19.8 Å². The molecule has 20 heavy (non-hydrogen) atoms. The van der Waals surface area contributed by atoms with Crippen molar-refractivity contribution in [2.75, 3.05) is 0 Å². The first-order valence-corrected chi connectivity index (χ1v) is 7.91. The molecule has 1 heterocycles. The number of hydrogen-bond donors (Lipinski definition) is 1. The standard InChI is InChI=1S/C16H20N2OS/c1-11-5-3-4-6-15(11)18-16(19)13(10-17)9-14-8-7-12(2)20-14/h7-9,11,15H,3-6H2,1-2H3,(H,18,19)/b13-9+/t11-,15+/m0/s1. The highest BCUT2D eigenvalue weighted by Gasteiger charge is 2.24. The summed E-state index contributed by atoms with van der Waals surface area (Å²) in [7, 11) is 0. The number of carbonyl (C=O) groups is 1. The van der Waals surface area contributed by atoms with Crippen LogP contribution in [-0.2, 0) is 4.79 Å². The van der Waals surface area contributed by atoms with Gasteiger partial charge in [-0.3, -0.25) is 4.79 Å². The average Bonchev–Trinajstić information content (AvgIpc) is 2.84. The van der Waals surface area contributed by atoms with Crippen LogP contribution in [0.5, 0.6) is 0 Å². The molecule has 1 saturated carbocycles. The summed E-state index contributed by atoms with van der Waals surface area (Å²) >= 11 is 1.59. The summed E-state index contributed by atoms with van der Waals surface area (Å²) in [5.41, 5.74) is 0.199. The third-order valence-electron chi connectivity index (χ3n) is 3.84. The van der Waals surface area contributed by atoms with Gasteiger partial charge >= 0.3 is 0 Å². The molecule has 2 atom stereocenters. The first-order chi connectivity index (χ1) is 9.60. The summed E-state index contributed by atoms with van der Waals surface area (Å²) in [4.78, 5) is 14.3. The van der Waals surface area contributed by atoms with Gasteiger partial charge in [-0.25, -0.2) is 0 Å². The van der Waals surface area contributed by atoms with Gasteiger partial charge in [-0.15, -0.1) is 11.3 Å². The Kier molecular flexibility index (Phi) is 4.97. The fraction of sp³-hybridized carbons (Fsp3) is 0.500. The molecule has 1 fully saturated rings. The van der Waals surface area contributed by atoms with Crippen molar-refractivity contribution in [1.82, 2.24) is 5.32 Å². The summed E-state index contributed by atoms with van der Waals surface area (Å²) in [6.07, 6.45) is 6.25. The van der Waals surface area contributed by atoms with Gasteiger partial charge in [0.2, 0.25) is 0 Å². The lowest BCUT2D eigenvalue weighted by Crippen LogP contribution is -2.41. The maximum atomic E-state index is 12.2. The molecule has 0 aliphatic heterocycles. The SMILES string of the molecule is Cc1ccc(/C=C(\C#N)C(=O)N[C@@H]2CCCC[C@@H]2C)s1. The molecular weight excluding hydrogens is 268 g/mol. The molecule has 1 aromatic rings. The van der Waals surface area contributed by atoms with Crippen molar-refractivity contribution in [2.45, 2.75) is 45.6 Å². The van der Waals surface area contributed by atoms with Crippen LogP contribution in [0.25, 0.3) is 6.08 Å². The van der Waals surface area contributed by atoms with Crippen LogP contribution in [0.15, 0.2) is 17.7 Å². The predicted octanol–water partition coefficient (Wildman–Crippen LogP) is 3.66. The molecule has 0 spiro atoms. The van der Waals surface area contributed by atoms with Crippen LogP contribution in [0.3, 0.4) is 0 Å². The molecule has 106 valence electrons. The first-order valence-electron chi connectivity index (χ1n) is 7.09.